The highest BCUT2D eigenvalue weighted by Crippen LogP contribution is 2.29. The Morgan fingerprint density at radius 1 is 0.974 bits per heavy atom. The second-order valence-corrected chi connectivity index (χ2v) is 10.3. The third kappa shape index (κ3) is 7.28. The number of fused-ring (bicyclic) bond motifs is 1. The lowest BCUT2D eigenvalue weighted by Crippen LogP contribution is -2.37. The minimum Gasteiger partial charge on any atom is -0.383 e. The van der Waals surface area contributed by atoms with E-state index in [1.165, 1.54) is 25.7 Å². The molecular formula is C28H35Cl3N6O. The smallest absolute Gasteiger partial charge is 0.289 e. The number of carbonyl (C=O) groups is 1. The minimum atomic E-state index is -0.242. The van der Waals surface area contributed by atoms with Crippen LogP contribution in [0.3, 0.4) is 0 Å². The van der Waals surface area contributed by atoms with Crippen LogP contribution in [0.4, 0.5) is 5.82 Å². The maximum atomic E-state index is 13.0. The Bertz CT molecular complexity index is 1250. The molecule has 2 atom stereocenters. The molecule has 5 rings (SSSR count). The Balaban J connectivity index is 0.00000200. The van der Waals surface area contributed by atoms with Crippen molar-refractivity contribution < 1.29 is 4.79 Å². The SMILES string of the molecule is Cl.Cl.NC(=N[C@@H]1CCCC[C@@H]1Nc1nc(C(=O)NCC2CCCC2)nc2ccc(Cl)cc12)c1ccccc1. The van der Waals surface area contributed by atoms with Gasteiger partial charge in [0.25, 0.3) is 5.91 Å². The van der Waals surface area contributed by atoms with Gasteiger partial charge in [-0.15, -0.1) is 24.8 Å². The largest absolute Gasteiger partial charge is 0.383 e. The van der Waals surface area contributed by atoms with Gasteiger partial charge < -0.3 is 16.4 Å². The molecule has 0 aliphatic heterocycles. The van der Waals surface area contributed by atoms with Crippen LogP contribution in [0.25, 0.3) is 10.9 Å². The maximum absolute atomic E-state index is 13.0. The molecule has 38 heavy (non-hydrogen) atoms. The molecule has 2 aliphatic carbocycles. The topological polar surface area (TPSA) is 105 Å². The molecule has 0 saturated heterocycles. The average Bonchev–Trinajstić information content (AvgIpc) is 3.43. The molecule has 0 unspecified atom stereocenters. The van der Waals surface area contributed by atoms with Crippen molar-refractivity contribution >= 4 is 64.9 Å². The van der Waals surface area contributed by atoms with Crippen LogP contribution in [0.2, 0.25) is 5.02 Å². The number of anilines is 1. The standard InChI is InChI=1S/C28H33ClN6O.2ClH/c29-20-14-15-22-21(16-20)26(35-27(33-22)28(36)31-17-18-8-4-5-9-18)34-24-13-7-6-12-23(24)32-25(30)19-10-2-1-3-11-19;;/h1-3,10-11,14-16,18,23-24H,4-9,12-13,17H2,(H2,30,32)(H,31,36)(H,33,34,35);2*1H/t23-,24+;;/m1../s1. The summed E-state index contributed by atoms with van der Waals surface area (Å²) < 4.78 is 0. The molecule has 2 aliphatic rings. The van der Waals surface area contributed by atoms with Gasteiger partial charge in [0.15, 0.2) is 0 Å². The van der Waals surface area contributed by atoms with E-state index in [-0.39, 0.29) is 48.6 Å². The molecule has 0 bridgehead atoms. The normalized spacial score (nSPS) is 19.9. The van der Waals surface area contributed by atoms with Gasteiger partial charge in [0.05, 0.1) is 11.6 Å². The first-order valence-corrected chi connectivity index (χ1v) is 13.4. The minimum absolute atomic E-state index is 0. The molecule has 1 amide bonds. The fourth-order valence-corrected chi connectivity index (χ4v) is 5.49. The molecule has 4 N–H and O–H groups in total. The van der Waals surface area contributed by atoms with Crippen LogP contribution in [0.1, 0.15) is 67.5 Å². The molecule has 2 fully saturated rings. The summed E-state index contributed by atoms with van der Waals surface area (Å²) in [6, 6.07) is 15.3. The summed E-state index contributed by atoms with van der Waals surface area (Å²) in [7, 11) is 0. The quantitative estimate of drug-likeness (QED) is 0.230. The molecule has 7 nitrogen and oxygen atoms in total. The first-order chi connectivity index (χ1) is 17.6. The highest BCUT2D eigenvalue weighted by molar-refractivity contribution is 6.31. The number of nitrogens with one attached hydrogen (secondary N) is 2. The van der Waals surface area contributed by atoms with Gasteiger partial charge in [-0.05, 0) is 49.8 Å². The van der Waals surface area contributed by atoms with Crippen LogP contribution < -0.4 is 16.4 Å². The van der Waals surface area contributed by atoms with E-state index < -0.39 is 0 Å². The lowest BCUT2D eigenvalue weighted by atomic mass is 9.90. The monoisotopic (exact) mass is 576 g/mol. The summed E-state index contributed by atoms with van der Waals surface area (Å²) in [6.45, 7) is 0.668. The average molecular weight is 578 g/mol. The number of aromatic nitrogens is 2. The van der Waals surface area contributed by atoms with Gasteiger partial charge >= 0.3 is 0 Å². The van der Waals surface area contributed by atoms with E-state index in [1.807, 2.05) is 42.5 Å². The van der Waals surface area contributed by atoms with Gasteiger partial charge in [-0.2, -0.15) is 0 Å². The molecule has 2 aromatic carbocycles. The maximum Gasteiger partial charge on any atom is 0.289 e. The third-order valence-corrected chi connectivity index (χ3v) is 7.55. The molecular weight excluding hydrogens is 543 g/mol. The van der Waals surface area contributed by atoms with Crippen LogP contribution in [-0.2, 0) is 0 Å². The number of amidine groups is 1. The van der Waals surface area contributed by atoms with Crippen molar-refractivity contribution in [3.63, 3.8) is 0 Å². The Morgan fingerprint density at radius 3 is 2.45 bits per heavy atom. The van der Waals surface area contributed by atoms with Gasteiger partial charge in [-0.1, -0.05) is 67.6 Å². The predicted molar refractivity (Wildman–Crippen MR) is 160 cm³/mol. The van der Waals surface area contributed by atoms with E-state index in [0.717, 1.165) is 36.6 Å². The molecule has 10 heteroatoms. The highest BCUT2D eigenvalue weighted by Gasteiger charge is 2.27. The number of rotatable bonds is 7. The second kappa shape index (κ2) is 14.0. The zero-order valence-electron chi connectivity index (χ0n) is 21.2. The van der Waals surface area contributed by atoms with Crippen molar-refractivity contribution in [3.05, 3.63) is 64.9 Å². The third-order valence-electron chi connectivity index (χ3n) is 7.31. The first kappa shape index (κ1) is 29.9. The fraction of sp³-hybridized carbons (Fsp3) is 0.429. The number of carbonyl (C=O) groups excluding carboxylic acids is 1. The number of hydrogen-bond acceptors (Lipinski definition) is 5. The summed E-state index contributed by atoms with van der Waals surface area (Å²) in [5.74, 6) is 1.62. The van der Waals surface area contributed by atoms with E-state index in [1.54, 1.807) is 6.07 Å². The Labute approximate surface area is 241 Å². The summed E-state index contributed by atoms with van der Waals surface area (Å²) in [5, 5.41) is 8.03. The molecule has 204 valence electrons. The number of nitrogens with two attached hydrogens (primary N) is 1. The van der Waals surface area contributed by atoms with E-state index in [0.29, 0.717) is 34.7 Å². The zero-order chi connectivity index (χ0) is 24.9. The van der Waals surface area contributed by atoms with Crippen LogP contribution in [0.5, 0.6) is 0 Å². The zero-order valence-corrected chi connectivity index (χ0v) is 23.6. The van der Waals surface area contributed by atoms with Crippen molar-refractivity contribution in [1.29, 1.82) is 0 Å². The lowest BCUT2D eigenvalue weighted by Gasteiger charge is -2.30. The number of hydrogen-bond donors (Lipinski definition) is 3. The number of halogens is 3. The number of benzene rings is 2. The van der Waals surface area contributed by atoms with Crippen LogP contribution in [-0.4, -0.2) is 40.3 Å². The van der Waals surface area contributed by atoms with Gasteiger partial charge in [-0.25, -0.2) is 9.97 Å². The summed E-state index contributed by atoms with van der Waals surface area (Å²) in [6.07, 6.45) is 8.87. The van der Waals surface area contributed by atoms with E-state index >= 15 is 0 Å². The molecule has 2 saturated carbocycles. The number of amides is 1. The van der Waals surface area contributed by atoms with E-state index in [4.69, 9.17) is 22.3 Å². The first-order valence-electron chi connectivity index (χ1n) is 13.0. The van der Waals surface area contributed by atoms with Crippen molar-refractivity contribution in [2.24, 2.45) is 16.6 Å². The predicted octanol–water partition coefficient (Wildman–Crippen LogP) is 6.18. The Morgan fingerprint density at radius 2 is 1.68 bits per heavy atom. The molecule has 0 spiro atoms. The number of aliphatic imine (C=N–C) groups is 1. The van der Waals surface area contributed by atoms with Crippen molar-refractivity contribution in [3.8, 4) is 0 Å². The molecule has 0 radical (unpaired) electrons. The van der Waals surface area contributed by atoms with Gasteiger partial charge in [0.1, 0.15) is 11.7 Å². The number of nitrogens with zero attached hydrogens (tertiary/aromatic N) is 3. The Hall–Kier alpha value is -2.61. The van der Waals surface area contributed by atoms with Crippen molar-refractivity contribution in [1.82, 2.24) is 15.3 Å². The fourth-order valence-electron chi connectivity index (χ4n) is 5.31. The molecule has 1 aromatic heterocycles. The van der Waals surface area contributed by atoms with Crippen LogP contribution >= 0.6 is 36.4 Å². The second-order valence-electron chi connectivity index (χ2n) is 9.90. The van der Waals surface area contributed by atoms with E-state index in [2.05, 4.69) is 20.6 Å². The van der Waals surface area contributed by atoms with Gasteiger partial charge in [0, 0.05) is 28.6 Å². The summed E-state index contributed by atoms with van der Waals surface area (Å²) in [5.41, 5.74) is 7.97. The van der Waals surface area contributed by atoms with Crippen molar-refractivity contribution in [2.75, 3.05) is 11.9 Å². The van der Waals surface area contributed by atoms with Gasteiger partial charge in [0.2, 0.25) is 5.82 Å². The molecule has 1 heterocycles. The van der Waals surface area contributed by atoms with E-state index in [9.17, 15) is 4.79 Å². The summed E-state index contributed by atoms with van der Waals surface area (Å²) >= 11 is 6.32. The molecule has 3 aromatic rings. The van der Waals surface area contributed by atoms with Crippen molar-refractivity contribution in [2.45, 2.75) is 63.5 Å². The summed E-state index contributed by atoms with van der Waals surface area (Å²) in [4.78, 5) is 27.1. The van der Waals surface area contributed by atoms with Crippen LogP contribution in [0.15, 0.2) is 53.5 Å². The Kier molecular flexibility index (Phi) is 11.0. The van der Waals surface area contributed by atoms with Crippen LogP contribution in [0, 0.1) is 5.92 Å². The highest BCUT2D eigenvalue weighted by atomic mass is 35.5. The van der Waals surface area contributed by atoms with Gasteiger partial charge in [-0.3, -0.25) is 9.79 Å². The lowest BCUT2D eigenvalue weighted by molar-refractivity contribution is 0.0937.